The summed E-state index contributed by atoms with van der Waals surface area (Å²) in [6, 6.07) is 0.201. The van der Waals surface area contributed by atoms with Gasteiger partial charge < -0.3 is 10.4 Å². The van der Waals surface area contributed by atoms with E-state index in [0.717, 1.165) is 24.2 Å². The van der Waals surface area contributed by atoms with Gasteiger partial charge in [-0.3, -0.25) is 4.68 Å². The third kappa shape index (κ3) is 1.63. The largest absolute Gasteiger partial charge is 0.476 e. The highest BCUT2D eigenvalue weighted by molar-refractivity contribution is 5.87. The zero-order valence-electron chi connectivity index (χ0n) is 8.95. The van der Waals surface area contributed by atoms with Crippen LogP contribution in [0.15, 0.2) is 0 Å². The lowest BCUT2D eigenvalue weighted by molar-refractivity contribution is 0.0688. The van der Waals surface area contributed by atoms with Crippen molar-refractivity contribution in [1.29, 1.82) is 0 Å². The van der Waals surface area contributed by atoms with Crippen molar-refractivity contribution in [3.05, 3.63) is 17.0 Å². The van der Waals surface area contributed by atoms with Crippen LogP contribution in [0.1, 0.15) is 41.6 Å². The number of aromatic nitrogens is 2. The van der Waals surface area contributed by atoms with Gasteiger partial charge in [0, 0.05) is 18.2 Å². The summed E-state index contributed by atoms with van der Waals surface area (Å²) in [6.07, 6.45) is 0.754. The Morgan fingerprint density at radius 1 is 1.60 bits per heavy atom. The second-order valence-electron chi connectivity index (χ2n) is 4.04. The summed E-state index contributed by atoms with van der Waals surface area (Å²) in [5, 5.41) is 16.4. The van der Waals surface area contributed by atoms with Crippen LogP contribution in [0.3, 0.4) is 0 Å². The van der Waals surface area contributed by atoms with Crippen LogP contribution in [-0.2, 0) is 13.0 Å². The van der Waals surface area contributed by atoms with Gasteiger partial charge in [0.1, 0.15) is 0 Å². The number of rotatable bonds is 2. The molecule has 2 N–H and O–H groups in total. The molecule has 5 heteroatoms. The standard InChI is InChI=1S/C10H15N3O2/c1-6(2)13-8-5-11-4-3-7(8)9(12-13)10(14)15/h6,11H,3-5H2,1-2H3,(H,14,15). The first-order valence-electron chi connectivity index (χ1n) is 5.15. The minimum Gasteiger partial charge on any atom is -0.476 e. The second kappa shape index (κ2) is 3.66. The molecule has 0 spiro atoms. The smallest absolute Gasteiger partial charge is 0.356 e. The maximum absolute atomic E-state index is 11.0. The van der Waals surface area contributed by atoms with E-state index in [-0.39, 0.29) is 11.7 Å². The highest BCUT2D eigenvalue weighted by Gasteiger charge is 2.25. The fourth-order valence-electron chi connectivity index (χ4n) is 1.97. The van der Waals surface area contributed by atoms with E-state index in [1.165, 1.54) is 0 Å². The molecule has 0 bridgehead atoms. The summed E-state index contributed by atoms with van der Waals surface area (Å²) in [5.41, 5.74) is 2.14. The molecule has 0 atom stereocenters. The zero-order chi connectivity index (χ0) is 11.0. The van der Waals surface area contributed by atoms with Crippen LogP contribution in [-0.4, -0.2) is 27.4 Å². The van der Waals surface area contributed by atoms with Gasteiger partial charge in [-0.1, -0.05) is 0 Å². The van der Waals surface area contributed by atoms with Crippen LogP contribution in [0.2, 0.25) is 0 Å². The highest BCUT2D eigenvalue weighted by atomic mass is 16.4. The molecule has 82 valence electrons. The number of carboxylic acids is 1. The fourth-order valence-corrected chi connectivity index (χ4v) is 1.97. The van der Waals surface area contributed by atoms with E-state index in [1.807, 2.05) is 18.5 Å². The molecule has 0 radical (unpaired) electrons. The average Bonchev–Trinajstić information content (AvgIpc) is 2.56. The van der Waals surface area contributed by atoms with Crippen LogP contribution in [0.25, 0.3) is 0 Å². The van der Waals surface area contributed by atoms with Crippen molar-refractivity contribution < 1.29 is 9.90 Å². The summed E-state index contributed by atoms with van der Waals surface area (Å²) >= 11 is 0. The maximum atomic E-state index is 11.0. The van der Waals surface area contributed by atoms with Gasteiger partial charge in [-0.25, -0.2) is 4.79 Å². The lowest BCUT2D eigenvalue weighted by Crippen LogP contribution is -2.26. The summed E-state index contributed by atoms with van der Waals surface area (Å²) in [7, 11) is 0. The first-order valence-corrected chi connectivity index (χ1v) is 5.15. The second-order valence-corrected chi connectivity index (χ2v) is 4.04. The molecule has 15 heavy (non-hydrogen) atoms. The Balaban J connectivity index is 2.54. The number of carboxylic acid groups (broad SMARTS) is 1. The van der Waals surface area contributed by atoms with Crippen LogP contribution in [0.4, 0.5) is 0 Å². The first-order chi connectivity index (χ1) is 7.11. The van der Waals surface area contributed by atoms with Gasteiger partial charge in [0.25, 0.3) is 0 Å². The third-order valence-electron chi connectivity index (χ3n) is 2.65. The predicted molar refractivity (Wildman–Crippen MR) is 55.0 cm³/mol. The molecule has 0 saturated heterocycles. The minimum atomic E-state index is -0.924. The molecule has 1 aliphatic heterocycles. The number of hydrogen-bond donors (Lipinski definition) is 2. The molecule has 0 aliphatic carbocycles. The van der Waals surface area contributed by atoms with Gasteiger partial charge in [0.15, 0.2) is 5.69 Å². The lowest BCUT2D eigenvalue weighted by Gasteiger charge is -2.17. The molecular formula is C10H15N3O2. The first kappa shape index (κ1) is 10.2. The number of fused-ring (bicyclic) bond motifs is 1. The topological polar surface area (TPSA) is 67.2 Å². The average molecular weight is 209 g/mol. The number of carbonyl (C=O) groups is 1. The number of aromatic carboxylic acids is 1. The van der Waals surface area contributed by atoms with E-state index in [9.17, 15) is 4.79 Å². The Kier molecular flexibility index (Phi) is 2.48. The Bertz CT molecular complexity index is 396. The van der Waals surface area contributed by atoms with E-state index in [2.05, 4.69) is 10.4 Å². The molecule has 1 aliphatic rings. The Morgan fingerprint density at radius 3 is 2.93 bits per heavy atom. The van der Waals surface area contributed by atoms with Crippen molar-refractivity contribution >= 4 is 5.97 Å². The normalized spacial score (nSPS) is 15.4. The van der Waals surface area contributed by atoms with E-state index in [4.69, 9.17) is 5.11 Å². The van der Waals surface area contributed by atoms with E-state index in [1.54, 1.807) is 0 Å². The zero-order valence-corrected chi connectivity index (χ0v) is 8.95. The summed E-state index contributed by atoms with van der Waals surface area (Å²) < 4.78 is 1.81. The van der Waals surface area contributed by atoms with E-state index >= 15 is 0 Å². The van der Waals surface area contributed by atoms with Crippen LogP contribution in [0.5, 0.6) is 0 Å². The Labute approximate surface area is 88.1 Å². The molecule has 1 aromatic rings. The number of nitrogens with one attached hydrogen (secondary N) is 1. The quantitative estimate of drug-likeness (QED) is 0.756. The lowest BCUT2D eigenvalue weighted by atomic mass is 10.1. The van der Waals surface area contributed by atoms with Gasteiger partial charge in [-0.2, -0.15) is 5.10 Å². The van der Waals surface area contributed by atoms with Gasteiger partial charge in [-0.05, 0) is 26.8 Å². The van der Waals surface area contributed by atoms with Crippen molar-refractivity contribution in [3.63, 3.8) is 0 Å². The molecule has 1 aromatic heterocycles. The van der Waals surface area contributed by atoms with Crippen LogP contribution < -0.4 is 5.32 Å². The molecule has 0 saturated carbocycles. The predicted octanol–water partition coefficient (Wildman–Crippen LogP) is 0.808. The SMILES string of the molecule is CC(C)n1nc(C(=O)O)c2c1CNCC2. The van der Waals surface area contributed by atoms with E-state index < -0.39 is 5.97 Å². The molecule has 0 unspecified atom stereocenters. The van der Waals surface area contributed by atoms with Crippen LogP contribution >= 0.6 is 0 Å². The Hall–Kier alpha value is -1.36. The molecule has 0 fully saturated rings. The van der Waals surface area contributed by atoms with E-state index in [0.29, 0.717) is 6.54 Å². The minimum absolute atomic E-state index is 0.201. The number of hydrogen-bond acceptors (Lipinski definition) is 3. The molecule has 2 rings (SSSR count). The summed E-state index contributed by atoms with van der Waals surface area (Å²) in [6.45, 7) is 5.56. The summed E-state index contributed by atoms with van der Waals surface area (Å²) in [5.74, 6) is -0.924. The van der Waals surface area contributed by atoms with Crippen molar-refractivity contribution in [2.45, 2.75) is 32.9 Å². The highest BCUT2D eigenvalue weighted by Crippen LogP contribution is 2.21. The van der Waals surface area contributed by atoms with Crippen molar-refractivity contribution in [1.82, 2.24) is 15.1 Å². The van der Waals surface area contributed by atoms with Gasteiger partial charge >= 0.3 is 5.97 Å². The fraction of sp³-hybridized carbons (Fsp3) is 0.600. The van der Waals surface area contributed by atoms with Crippen LogP contribution in [0, 0.1) is 0 Å². The van der Waals surface area contributed by atoms with Gasteiger partial charge in [0.2, 0.25) is 0 Å². The Morgan fingerprint density at radius 2 is 2.33 bits per heavy atom. The van der Waals surface area contributed by atoms with Gasteiger partial charge in [-0.15, -0.1) is 0 Å². The maximum Gasteiger partial charge on any atom is 0.356 e. The van der Waals surface area contributed by atoms with Crippen molar-refractivity contribution in [2.24, 2.45) is 0 Å². The monoisotopic (exact) mass is 209 g/mol. The summed E-state index contributed by atoms with van der Waals surface area (Å²) in [4.78, 5) is 11.0. The molecule has 2 heterocycles. The van der Waals surface area contributed by atoms with Crippen molar-refractivity contribution in [2.75, 3.05) is 6.54 Å². The molecular weight excluding hydrogens is 194 g/mol. The van der Waals surface area contributed by atoms with Gasteiger partial charge in [0.05, 0.1) is 5.69 Å². The van der Waals surface area contributed by atoms with Crippen molar-refractivity contribution in [3.8, 4) is 0 Å². The molecule has 0 amide bonds. The molecule has 5 nitrogen and oxygen atoms in total. The molecule has 0 aromatic carbocycles. The number of nitrogens with zero attached hydrogens (tertiary/aromatic N) is 2. The third-order valence-corrected chi connectivity index (χ3v) is 2.65.